The van der Waals surface area contributed by atoms with Crippen molar-refractivity contribution >= 4 is 17.0 Å². The number of hydrogen-bond donors (Lipinski definition) is 1. The number of carbonyl (C=O) groups is 1. The van der Waals surface area contributed by atoms with Crippen LogP contribution in [0.15, 0.2) is 35.0 Å². The Morgan fingerprint density at radius 2 is 2.24 bits per heavy atom. The van der Waals surface area contributed by atoms with Crippen LogP contribution in [0.5, 0.6) is 5.75 Å². The number of nitrogens with zero attached hydrogens (tertiary/aromatic N) is 4. The van der Waals surface area contributed by atoms with Crippen molar-refractivity contribution in [2.24, 2.45) is 7.05 Å². The first-order chi connectivity index (χ1) is 12.0. The number of benzene rings is 1. The molecule has 1 amide bonds. The molecule has 0 saturated carbocycles. The molecular weight excluding hydrogens is 324 g/mol. The molecule has 1 saturated heterocycles. The fourth-order valence-electron chi connectivity index (χ4n) is 3.03. The number of likely N-dealkylation sites (tertiary alicyclic amines) is 1. The lowest BCUT2D eigenvalue weighted by atomic mass is 10.2. The Morgan fingerprint density at radius 3 is 3.00 bits per heavy atom. The molecule has 0 unspecified atom stereocenters. The minimum absolute atomic E-state index is 0.168. The van der Waals surface area contributed by atoms with E-state index < -0.39 is 12.2 Å². The molecule has 1 aliphatic heterocycles. The number of aromatic nitrogens is 3. The summed E-state index contributed by atoms with van der Waals surface area (Å²) < 4.78 is 12.8. The van der Waals surface area contributed by atoms with Gasteiger partial charge in [-0.05, 0) is 18.2 Å². The van der Waals surface area contributed by atoms with Crippen molar-refractivity contribution in [1.29, 1.82) is 0 Å². The molecule has 1 aromatic carbocycles. The van der Waals surface area contributed by atoms with Crippen molar-refractivity contribution < 1.29 is 19.1 Å². The second-order valence-electron chi connectivity index (χ2n) is 6.20. The number of aliphatic hydroxyl groups excluding tert-OH is 1. The number of fused-ring (bicyclic) bond motifs is 1. The Balaban J connectivity index is 1.49. The third kappa shape index (κ3) is 2.96. The average molecular weight is 342 g/mol. The van der Waals surface area contributed by atoms with Crippen LogP contribution in [0.1, 0.15) is 16.2 Å². The summed E-state index contributed by atoms with van der Waals surface area (Å²) in [6.07, 6.45) is 2.07. The van der Waals surface area contributed by atoms with Crippen molar-refractivity contribution in [2.45, 2.75) is 19.1 Å². The van der Waals surface area contributed by atoms with Crippen molar-refractivity contribution in [3.8, 4) is 5.75 Å². The Hall–Kier alpha value is -2.87. The van der Waals surface area contributed by atoms with E-state index in [9.17, 15) is 9.90 Å². The van der Waals surface area contributed by atoms with E-state index in [0.29, 0.717) is 34.8 Å². The van der Waals surface area contributed by atoms with Gasteiger partial charge in [-0.3, -0.25) is 9.48 Å². The normalized spacial score (nSPS) is 20.4. The molecule has 1 fully saturated rings. The minimum Gasteiger partial charge on any atom is -0.482 e. The van der Waals surface area contributed by atoms with E-state index in [-0.39, 0.29) is 12.5 Å². The lowest BCUT2D eigenvalue weighted by molar-refractivity contribution is 0.0729. The van der Waals surface area contributed by atoms with Gasteiger partial charge in [-0.15, -0.1) is 0 Å². The standard InChI is InChI=1S/C17H18N4O4/c1-10-19-13-5-11(3-4-15(13)24-10)17(23)21-8-14(22)16(9-21)25-12-6-18-20(2)7-12/h3-7,14,16,22H,8-9H2,1-2H3/t14-,16-/m1/s1. The van der Waals surface area contributed by atoms with Gasteiger partial charge in [0.15, 0.2) is 17.2 Å². The topological polar surface area (TPSA) is 93.6 Å². The van der Waals surface area contributed by atoms with E-state index >= 15 is 0 Å². The molecule has 3 aromatic rings. The van der Waals surface area contributed by atoms with Gasteiger partial charge < -0.3 is 19.2 Å². The molecule has 130 valence electrons. The number of β-amino-alcohol motifs (C(OH)–C–C–N with tert-alkyl or cyclic N) is 1. The predicted octanol–water partition coefficient (Wildman–Crippen LogP) is 1.13. The van der Waals surface area contributed by atoms with Crippen molar-refractivity contribution in [3.63, 3.8) is 0 Å². The van der Waals surface area contributed by atoms with Gasteiger partial charge in [0.1, 0.15) is 17.7 Å². The van der Waals surface area contributed by atoms with Crippen molar-refractivity contribution in [1.82, 2.24) is 19.7 Å². The molecule has 1 aliphatic rings. The maximum Gasteiger partial charge on any atom is 0.254 e. The average Bonchev–Trinajstić information content (AvgIpc) is 3.25. The van der Waals surface area contributed by atoms with Crippen LogP contribution in [0.4, 0.5) is 0 Å². The van der Waals surface area contributed by atoms with Gasteiger partial charge >= 0.3 is 0 Å². The van der Waals surface area contributed by atoms with Gasteiger partial charge in [0, 0.05) is 19.5 Å². The number of aliphatic hydroxyl groups is 1. The second kappa shape index (κ2) is 5.89. The van der Waals surface area contributed by atoms with Gasteiger partial charge in [-0.1, -0.05) is 0 Å². The maximum atomic E-state index is 12.7. The molecule has 8 heteroatoms. The third-order valence-electron chi connectivity index (χ3n) is 4.23. The van der Waals surface area contributed by atoms with Crippen LogP contribution >= 0.6 is 0 Å². The lowest BCUT2D eigenvalue weighted by Gasteiger charge is -2.16. The minimum atomic E-state index is -0.748. The van der Waals surface area contributed by atoms with Gasteiger partial charge in [0.2, 0.25) is 0 Å². The van der Waals surface area contributed by atoms with E-state index in [0.717, 1.165) is 0 Å². The highest BCUT2D eigenvalue weighted by atomic mass is 16.5. The first kappa shape index (κ1) is 15.6. The largest absolute Gasteiger partial charge is 0.482 e. The number of hydrogen-bond acceptors (Lipinski definition) is 6. The first-order valence-corrected chi connectivity index (χ1v) is 7.99. The summed E-state index contributed by atoms with van der Waals surface area (Å²) in [6, 6.07) is 5.14. The molecule has 0 radical (unpaired) electrons. The molecular formula is C17H18N4O4. The maximum absolute atomic E-state index is 12.7. The summed E-state index contributed by atoms with van der Waals surface area (Å²) in [4.78, 5) is 18.6. The van der Waals surface area contributed by atoms with Gasteiger partial charge in [-0.2, -0.15) is 5.10 Å². The number of carbonyl (C=O) groups excluding carboxylic acids is 1. The fraction of sp³-hybridized carbons (Fsp3) is 0.353. The molecule has 8 nitrogen and oxygen atoms in total. The summed E-state index contributed by atoms with van der Waals surface area (Å²) in [5, 5.41) is 14.3. The van der Waals surface area contributed by atoms with Crippen LogP contribution in [0.25, 0.3) is 11.1 Å². The molecule has 4 rings (SSSR count). The zero-order chi connectivity index (χ0) is 17.6. The van der Waals surface area contributed by atoms with E-state index in [1.54, 1.807) is 54.1 Å². The van der Waals surface area contributed by atoms with E-state index in [2.05, 4.69) is 10.1 Å². The number of rotatable bonds is 3. The Morgan fingerprint density at radius 1 is 1.40 bits per heavy atom. The van der Waals surface area contributed by atoms with Crippen molar-refractivity contribution in [2.75, 3.05) is 13.1 Å². The van der Waals surface area contributed by atoms with E-state index in [1.165, 1.54) is 0 Å². The van der Waals surface area contributed by atoms with Crippen LogP contribution < -0.4 is 4.74 Å². The number of aryl methyl sites for hydroxylation is 2. The van der Waals surface area contributed by atoms with Gasteiger partial charge in [-0.25, -0.2) is 4.98 Å². The Bertz CT molecular complexity index is 932. The molecule has 25 heavy (non-hydrogen) atoms. The zero-order valence-corrected chi connectivity index (χ0v) is 13.9. The Labute approximate surface area is 143 Å². The first-order valence-electron chi connectivity index (χ1n) is 7.99. The summed E-state index contributed by atoms with van der Waals surface area (Å²) in [5.41, 5.74) is 1.80. The molecule has 2 aromatic heterocycles. The quantitative estimate of drug-likeness (QED) is 0.767. The molecule has 0 spiro atoms. The van der Waals surface area contributed by atoms with Crippen LogP contribution in [0.3, 0.4) is 0 Å². The second-order valence-corrected chi connectivity index (χ2v) is 6.20. The SMILES string of the molecule is Cc1nc2cc(C(=O)N3C[C@@H](O)[C@H](Oc4cnn(C)c4)C3)ccc2o1. The predicted molar refractivity (Wildman–Crippen MR) is 88.3 cm³/mol. The number of ether oxygens (including phenoxy) is 1. The molecule has 0 bridgehead atoms. The van der Waals surface area contributed by atoms with E-state index in [4.69, 9.17) is 9.15 Å². The smallest absolute Gasteiger partial charge is 0.254 e. The fourth-order valence-corrected chi connectivity index (χ4v) is 3.03. The lowest BCUT2D eigenvalue weighted by Crippen LogP contribution is -2.31. The Kier molecular flexibility index (Phi) is 3.69. The van der Waals surface area contributed by atoms with Crippen molar-refractivity contribution in [3.05, 3.63) is 42.0 Å². The van der Waals surface area contributed by atoms with E-state index in [1.807, 2.05) is 0 Å². The molecule has 0 aliphatic carbocycles. The van der Waals surface area contributed by atoms with Crippen LogP contribution in [-0.4, -0.2) is 56.0 Å². The summed E-state index contributed by atoms with van der Waals surface area (Å²) >= 11 is 0. The zero-order valence-electron chi connectivity index (χ0n) is 13.9. The van der Waals surface area contributed by atoms with Crippen LogP contribution in [-0.2, 0) is 7.05 Å². The highest BCUT2D eigenvalue weighted by Gasteiger charge is 2.36. The highest BCUT2D eigenvalue weighted by molar-refractivity contribution is 5.97. The molecule has 1 N–H and O–H groups in total. The summed E-state index contributed by atoms with van der Waals surface area (Å²) in [7, 11) is 1.79. The number of amides is 1. The number of oxazole rings is 1. The third-order valence-corrected chi connectivity index (χ3v) is 4.23. The van der Waals surface area contributed by atoms with Crippen LogP contribution in [0.2, 0.25) is 0 Å². The summed E-state index contributed by atoms with van der Waals surface area (Å²) in [6.45, 7) is 2.29. The van der Waals surface area contributed by atoms with Gasteiger partial charge in [0.05, 0.1) is 25.5 Å². The molecule has 2 atom stereocenters. The molecule has 3 heterocycles. The monoisotopic (exact) mass is 342 g/mol. The summed E-state index contributed by atoms with van der Waals surface area (Å²) in [5.74, 6) is 0.959. The van der Waals surface area contributed by atoms with Crippen LogP contribution in [0, 0.1) is 6.92 Å². The highest BCUT2D eigenvalue weighted by Crippen LogP contribution is 2.22. The van der Waals surface area contributed by atoms with Gasteiger partial charge in [0.25, 0.3) is 5.91 Å².